The number of carboxylic acid groups (broad SMARTS) is 1. The van der Waals surface area contributed by atoms with Crippen molar-refractivity contribution in [3.63, 3.8) is 0 Å². The third kappa shape index (κ3) is 2.44. The van der Waals surface area contributed by atoms with Gasteiger partial charge < -0.3 is 5.11 Å². The molecule has 1 rings (SSSR count). The van der Waals surface area contributed by atoms with Crippen LogP contribution in [0.3, 0.4) is 0 Å². The van der Waals surface area contributed by atoms with E-state index in [1.54, 1.807) is 0 Å². The van der Waals surface area contributed by atoms with E-state index in [-0.39, 0.29) is 0 Å². The highest BCUT2D eigenvalue weighted by Gasteiger charge is 2.40. The number of hydrogen-bond acceptors (Lipinski definition) is 2. The van der Waals surface area contributed by atoms with Crippen LogP contribution in [0, 0.1) is 5.92 Å². The lowest BCUT2D eigenvalue weighted by Gasteiger charge is -2.35. The van der Waals surface area contributed by atoms with Crippen molar-refractivity contribution in [2.75, 3.05) is 6.26 Å². The zero-order chi connectivity index (χ0) is 10.6. The minimum Gasteiger partial charge on any atom is -0.480 e. The summed E-state index contributed by atoms with van der Waals surface area (Å²) in [7, 11) is 0. The molecule has 1 N–H and O–H groups in total. The van der Waals surface area contributed by atoms with Gasteiger partial charge in [-0.15, -0.1) is 11.8 Å². The van der Waals surface area contributed by atoms with Crippen LogP contribution in [0.5, 0.6) is 0 Å². The summed E-state index contributed by atoms with van der Waals surface area (Å²) < 4.78 is -0.468. The van der Waals surface area contributed by atoms with Crippen molar-refractivity contribution in [3.05, 3.63) is 0 Å². The van der Waals surface area contributed by atoms with E-state index in [9.17, 15) is 9.90 Å². The van der Waals surface area contributed by atoms with Gasteiger partial charge in [-0.3, -0.25) is 4.79 Å². The predicted octanol–water partition coefficient (Wildman–Crippen LogP) is 3.16. The van der Waals surface area contributed by atoms with Gasteiger partial charge in [0.1, 0.15) is 4.75 Å². The molecule has 0 radical (unpaired) electrons. The quantitative estimate of drug-likeness (QED) is 0.784. The monoisotopic (exact) mass is 216 g/mol. The molecule has 3 heteroatoms. The van der Waals surface area contributed by atoms with E-state index in [4.69, 9.17) is 0 Å². The van der Waals surface area contributed by atoms with E-state index in [1.165, 1.54) is 24.6 Å². The fourth-order valence-electron chi connectivity index (χ4n) is 2.35. The summed E-state index contributed by atoms with van der Waals surface area (Å²) in [4.78, 5) is 11.2. The van der Waals surface area contributed by atoms with Gasteiger partial charge >= 0.3 is 5.97 Å². The van der Waals surface area contributed by atoms with Crippen molar-refractivity contribution in [2.24, 2.45) is 5.92 Å². The molecule has 82 valence electrons. The van der Waals surface area contributed by atoms with Gasteiger partial charge in [0.25, 0.3) is 0 Å². The maximum atomic E-state index is 11.2. The Kier molecular flexibility index (Phi) is 4.30. The summed E-state index contributed by atoms with van der Waals surface area (Å²) in [5, 5.41) is 9.18. The van der Waals surface area contributed by atoms with Crippen molar-refractivity contribution < 1.29 is 9.90 Å². The van der Waals surface area contributed by atoms with Crippen LogP contribution in [0.25, 0.3) is 0 Å². The smallest absolute Gasteiger partial charge is 0.319 e. The second-order valence-corrected chi connectivity index (χ2v) is 5.43. The van der Waals surface area contributed by atoms with Gasteiger partial charge in [-0.2, -0.15) is 0 Å². The lowest BCUT2D eigenvalue weighted by molar-refractivity contribution is -0.141. The highest BCUT2D eigenvalue weighted by atomic mass is 32.2. The third-order valence-corrected chi connectivity index (χ3v) is 4.75. The number of thioether (sulfide) groups is 1. The highest BCUT2D eigenvalue weighted by molar-refractivity contribution is 8.00. The molecular formula is C11H20O2S. The van der Waals surface area contributed by atoms with Crippen LogP contribution in [-0.2, 0) is 4.79 Å². The Morgan fingerprint density at radius 1 is 1.50 bits per heavy atom. The van der Waals surface area contributed by atoms with Crippen molar-refractivity contribution in [1.82, 2.24) is 0 Å². The summed E-state index contributed by atoms with van der Waals surface area (Å²) in [6, 6.07) is 0. The number of aliphatic carboxylic acids is 1. The topological polar surface area (TPSA) is 37.3 Å². The first-order valence-electron chi connectivity index (χ1n) is 5.43. The standard InChI is InChI=1S/C11H20O2S/c1-3-4-9-5-7-11(14-2,8-6-9)10(12)13/h9H,3-8H2,1-2H3,(H,12,13). The SMILES string of the molecule is CCCC1CCC(SC)(C(=O)O)CC1. The van der Waals surface area contributed by atoms with E-state index >= 15 is 0 Å². The van der Waals surface area contributed by atoms with Crippen molar-refractivity contribution in [1.29, 1.82) is 0 Å². The molecule has 1 fully saturated rings. The fraction of sp³-hybridized carbons (Fsp3) is 0.909. The Morgan fingerprint density at radius 2 is 2.07 bits per heavy atom. The minimum absolute atomic E-state index is 0.468. The first-order chi connectivity index (χ1) is 6.64. The third-order valence-electron chi connectivity index (χ3n) is 3.39. The molecular weight excluding hydrogens is 196 g/mol. The normalized spacial score (nSPS) is 32.9. The van der Waals surface area contributed by atoms with E-state index in [0.29, 0.717) is 0 Å². The number of hydrogen-bond donors (Lipinski definition) is 1. The summed E-state index contributed by atoms with van der Waals surface area (Å²) in [6.07, 6.45) is 8.33. The highest BCUT2D eigenvalue weighted by Crippen LogP contribution is 2.42. The van der Waals surface area contributed by atoms with Crippen LogP contribution >= 0.6 is 11.8 Å². The Labute approximate surface area is 90.5 Å². The molecule has 1 aliphatic carbocycles. The van der Waals surface area contributed by atoms with Gasteiger partial charge in [-0.05, 0) is 37.9 Å². The number of carbonyl (C=O) groups is 1. The average Bonchev–Trinajstić information content (AvgIpc) is 2.19. The molecule has 0 bridgehead atoms. The Hall–Kier alpha value is -0.180. The molecule has 0 aromatic heterocycles. The van der Waals surface area contributed by atoms with E-state index in [0.717, 1.165) is 31.6 Å². The van der Waals surface area contributed by atoms with Crippen molar-refractivity contribution in [3.8, 4) is 0 Å². The maximum absolute atomic E-state index is 11.2. The second kappa shape index (κ2) is 5.06. The molecule has 0 atom stereocenters. The molecule has 1 aliphatic rings. The largest absolute Gasteiger partial charge is 0.480 e. The zero-order valence-electron chi connectivity index (χ0n) is 9.08. The van der Waals surface area contributed by atoms with Crippen LogP contribution in [0.4, 0.5) is 0 Å². The molecule has 0 saturated heterocycles. The molecule has 0 aromatic rings. The summed E-state index contributed by atoms with van der Waals surface area (Å²) >= 11 is 1.52. The first kappa shape index (κ1) is 11.9. The van der Waals surface area contributed by atoms with E-state index in [2.05, 4.69) is 6.92 Å². The second-order valence-electron chi connectivity index (χ2n) is 4.24. The van der Waals surface area contributed by atoms with Gasteiger partial charge in [0, 0.05) is 0 Å². The van der Waals surface area contributed by atoms with E-state index in [1.807, 2.05) is 6.26 Å². The number of rotatable bonds is 4. The Balaban J connectivity index is 2.50. The molecule has 1 saturated carbocycles. The zero-order valence-corrected chi connectivity index (χ0v) is 9.90. The van der Waals surface area contributed by atoms with Crippen LogP contribution in [0.2, 0.25) is 0 Å². The van der Waals surface area contributed by atoms with Crippen LogP contribution in [-0.4, -0.2) is 22.1 Å². The predicted molar refractivity (Wildman–Crippen MR) is 60.7 cm³/mol. The minimum atomic E-state index is -0.611. The van der Waals surface area contributed by atoms with Gasteiger partial charge in [0.2, 0.25) is 0 Å². The molecule has 0 spiro atoms. The summed E-state index contributed by atoms with van der Waals surface area (Å²) in [5.74, 6) is 0.166. The van der Waals surface area contributed by atoms with Gasteiger partial charge in [0.15, 0.2) is 0 Å². The molecule has 14 heavy (non-hydrogen) atoms. The van der Waals surface area contributed by atoms with Crippen LogP contribution in [0.15, 0.2) is 0 Å². The molecule has 0 amide bonds. The van der Waals surface area contributed by atoms with E-state index < -0.39 is 10.7 Å². The van der Waals surface area contributed by atoms with Crippen molar-refractivity contribution in [2.45, 2.75) is 50.2 Å². The van der Waals surface area contributed by atoms with Crippen LogP contribution < -0.4 is 0 Å². The maximum Gasteiger partial charge on any atom is 0.319 e. The van der Waals surface area contributed by atoms with Gasteiger partial charge in [-0.25, -0.2) is 0 Å². The van der Waals surface area contributed by atoms with Gasteiger partial charge in [0.05, 0.1) is 0 Å². The Bertz CT molecular complexity index is 195. The van der Waals surface area contributed by atoms with Crippen LogP contribution in [0.1, 0.15) is 45.4 Å². The number of carboxylic acids is 1. The summed E-state index contributed by atoms with van der Waals surface area (Å²) in [5.41, 5.74) is 0. The first-order valence-corrected chi connectivity index (χ1v) is 6.65. The average molecular weight is 216 g/mol. The molecule has 0 unspecified atom stereocenters. The lowest BCUT2D eigenvalue weighted by atomic mass is 9.79. The Morgan fingerprint density at radius 3 is 2.43 bits per heavy atom. The lowest BCUT2D eigenvalue weighted by Crippen LogP contribution is -2.38. The summed E-state index contributed by atoms with van der Waals surface area (Å²) in [6.45, 7) is 2.20. The molecule has 0 heterocycles. The molecule has 2 nitrogen and oxygen atoms in total. The fourth-order valence-corrected chi connectivity index (χ4v) is 3.16. The van der Waals surface area contributed by atoms with Crippen molar-refractivity contribution >= 4 is 17.7 Å². The molecule has 0 aromatic carbocycles. The van der Waals surface area contributed by atoms with Gasteiger partial charge in [-0.1, -0.05) is 19.8 Å². The molecule has 0 aliphatic heterocycles.